The summed E-state index contributed by atoms with van der Waals surface area (Å²) in [7, 11) is 0. The van der Waals surface area contributed by atoms with Crippen LogP contribution in [0.25, 0.3) is 92.6 Å². The van der Waals surface area contributed by atoms with Gasteiger partial charge in [0.15, 0.2) is 22.4 Å². The average Bonchev–Trinajstić information content (AvgIpc) is 3.34. The van der Waals surface area contributed by atoms with Crippen molar-refractivity contribution < 1.29 is 9.59 Å². The maximum Gasteiger partial charge on any atom is 0.264 e. The summed E-state index contributed by atoms with van der Waals surface area (Å²) >= 11 is 0. The standard InChI is InChI=1S/C28H16N2O4.C22H12N2O.2C2H6/c31-25-13-5-1-3-7-15(13)27(33)21-17(25)9-11-19-23(21)29-20-12-10-18-22(24(20)30-19)28(34)16-8-4-2-6-14(16)26(18)32;25-22-16-10-2-6-13-5-1-9-15(19(13)16)21-23-17-11-3-7-14-8-4-12-18(20(14)17)24(21)22;2*1-2/h1-13,15,29-30H;1-12H;2*1-2H3. The molecule has 0 saturated carbocycles. The number of carbonyl (C=O) groups excluding carboxylic acids is 2. The molecule has 0 aliphatic heterocycles. The Labute approximate surface area is 359 Å². The second kappa shape index (κ2) is 15.1. The summed E-state index contributed by atoms with van der Waals surface area (Å²) < 4.78 is 1.77. The number of aromatic nitrogens is 4. The van der Waals surface area contributed by atoms with Crippen LogP contribution in [0.5, 0.6) is 0 Å². The van der Waals surface area contributed by atoms with Crippen molar-refractivity contribution in [1.29, 1.82) is 0 Å². The second-order valence-corrected chi connectivity index (χ2v) is 15.3. The molecule has 9 heteroatoms. The fourth-order valence-electron chi connectivity index (χ4n) is 9.51. The van der Waals surface area contributed by atoms with Crippen molar-refractivity contribution in [3.05, 3.63) is 188 Å². The molecule has 13 rings (SSSR count). The molecule has 0 amide bonds. The van der Waals surface area contributed by atoms with E-state index in [9.17, 15) is 24.0 Å². The quantitative estimate of drug-likeness (QED) is 0.115. The molecule has 2 unspecified atom stereocenters. The van der Waals surface area contributed by atoms with Gasteiger partial charge in [0, 0.05) is 43.3 Å². The highest BCUT2D eigenvalue weighted by Gasteiger charge is 2.40. The van der Waals surface area contributed by atoms with Crippen LogP contribution in [-0.2, 0) is 0 Å². The average molecular weight is 825 g/mol. The number of carbonyl (C=O) groups is 2. The lowest BCUT2D eigenvalue weighted by atomic mass is 9.72. The number of nitrogens with zero attached hydrogens (tertiary/aromatic N) is 2. The lowest BCUT2D eigenvalue weighted by molar-refractivity contribution is 0.0803. The summed E-state index contributed by atoms with van der Waals surface area (Å²) in [5.74, 6) is -1.21. The molecule has 0 radical (unpaired) electrons. The summed E-state index contributed by atoms with van der Waals surface area (Å²) in [5, 5.41) is 7.37. The summed E-state index contributed by atoms with van der Waals surface area (Å²) in [6.07, 6.45) is 7.14. The lowest BCUT2D eigenvalue weighted by Crippen LogP contribution is -2.35. The van der Waals surface area contributed by atoms with Crippen LogP contribution in [-0.4, -0.2) is 30.9 Å². The molecular weight excluding hydrogens is 785 g/mol. The molecule has 0 bridgehead atoms. The first-order chi connectivity index (χ1) is 30.9. The van der Waals surface area contributed by atoms with Crippen molar-refractivity contribution >= 4 is 104 Å². The maximum absolute atomic E-state index is 13.4. The minimum absolute atomic E-state index is 0.00921. The molecule has 2 N–H and O–H groups in total. The van der Waals surface area contributed by atoms with Gasteiger partial charge in [-0.3, -0.25) is 28.4 Å². The first-order valence-electron chi connectivity index (χ1n) is 21.3. The molecule has 0 fully saturated rings. The van der Waals surface area contributed by atoms with E-state index in [2.05, 4.69) is 28.2 Å². The number of benzene rings is 8. The molecule has 2 atom stereocenters. The molecular formula is C54H40N4O5. The van der Waals surface area contributed by atoms with Crippen LogP contribution in [0.4, 0.5) is 0 Å². The lowest BCUT2D eigenvalue weighted by Gasteiger charge is -2.29. The fourth-order valence-corrected chi connectivity index (χ4v) is 9.51. The molecule has 2 aliphatic carbocycles. The zero-order valence-electron chi connectivity index (χ0n) is 34.9. The number of hydrogen-bond donors (Lipinski definition) is 2. The van der Waals surface area contributed by atoms with Crippen LogP contribution in [0.2, 0.25) is 0 Å². The van der Waals surface area contributed by atoms with Crippen molar-refractivity contribution in [2.45, 2.75) is 27.7 Å². The summed E-state index contributed by atoms with van der Waals surface area (Å²) in [5.41, 5.74) is 5.01. The Morgan fingerprint density at radius 1 is 0.492 bits per heavy atom. The van der Waals surface area contributed by atoms with Crippen molar-refractivity contribution in [3.63, 3.8) is 0 Å². The van der Waals surface area contributed by atoms with Gasteiger partial charge in [-0.1, -0.05) is 131 Å². The Bertz CT molecular complexity index is 3970. The Morgan fingerprint density at radius 3 is 1.79 bits per heavy atom. The minimum atomic E-state index is -0.529. The van der Waals surface area contributed by atoms with Gasteiger partial charge < -0.3 is 9.97 Å². The van der Waals surface area contributed by atoms with Gasteiger partial charge in [0.05, 0.1) is 55.9 Å². The molecule has 11 aromatic rings. The molecule has 2 aliphatic rings. The van der Waals surface area contributed by atoms with Gasteiger partial charge in [0.25, 0.3) is 5.56 Å². The van der Waals surface area contributed by atoms with Gasteiger partial charge in [-0.2, -0.15) is 0 Å². The van der Waals surface area contributed by atoms with E-state index in [0.717, 1.165) is 49.0 Å². The predicted octanol–water partition coefficient (Wildman–Crippen LogP) is 11.2. The Balaban J connectivity index is 0.000000144. The number of fused-ring (bicyclic) bond motifs is 11. The smallest absolute Gasteiger partial charge is 0.264 e. The third-order valence-electron chi connectivity index (χ3n) is 12.2. The van der Waals surface area contributed by atoms with Gasteiger partial charge in [0.2, 0.25) is 0 Å². The highest BCUT2D eigenvalue weighted by molar-refractivity contribution is 6.23. The number of ketones is 2. The van der Waals surface area contributed by atoms with Crippen LogP contribution in [0.15, 0.2) is 160 Å². The van der Waals surface area contributed by atoms with Gasteiger partial charge in [-0.15, -0.1) is 0 Å². The number of H-pyrrole nitrogens is 2. The normalized spacial score (nSPS) is 15.4. The summed E-state index contributed by atoms with van der Waals surface area (Å²) in [6.45, 7) is 8.00. The van der Waals surface area contributed by atoms with E-state index < -0.39 is 11.8 Å². The van der Waals surface area contributed by atoms with Gasteiger partial charge in [0.1, 0.15) is 5.65 Å². The van der Waals surface area contributed by atoms with Crippen molar-refractivity contribution in [2.24, 2.45) is 11.8 Å². The van der Waals surface area contributed by atoms with E-state index in [1.165, 1.54) is 0 Å². The molecule has 0 saturated heterocycles. The van der Waals surface area contributed by atoms with E-state index >= 15 is 0 Å². The summed E-state index contributed by atoms with van der Waals surface area (Å²) in [4.78, 5) is 77.8. The number of aromatic amines is 2. The number of hydrogen-bond acceptors (Lipinski definition) is 6. The van der Waals surface area contributed by atoms with Crippen LogP contribution >= 0.6 is 0 Å². The van der Waals surface area contributed by atoms with Crippen LogP contribution < -0.4 is 16.4 Å². The molecule has 3 heterocycles. The largest absolute Gasteiger partial charge is 0.351 e. The maximum atomic E-state index is 13.4. The number of pyridine rings is 1. The van der Waals surface area contributed by atoms with Crippen molar-refractivity contribution in [1.82, 2.24) is 19.4 Å². The Morgan fingerprint density at radius 2 is 1.06 bits per heavy atom. The van der Waals surface area contributed by atoms with E-state index in [1.807, 2.05) is 82.3 Å². The number of allylic oxidation sites excluding steroid dienone is 4. The zero-order valence-corrected chi connectivity index (χ0v) is 34.9. The van der Waals surface area contributed by atoms with Crippen LogP contribution in [0.3, 0.4) is 0 Å². The van der Waals surface area contributed by atoms with E-state index in [-0.39, 0.29) is 28.0 Å². The predicted molar refractivity (Wildman–Crippen MR) is 257 cm³/mol. The molecule has 8 aromatic carbocycles. The van der Waals surface area contributed by atoms with E-state index in [4.69, 9.17) is 4.98 Å². The van der Waals surface area contributed by atoms with Gasteiger partial charge >= 0.3 is 0 Å². The number of Topliss-reactive ketones (excluding diaryl/α,β-unsaturated/α-hetero) is 2. The molecule has 9 nitrogen and oxygen atoms in total. The zero-order chi connectivity index (χ0) is 43.7. The molecule has 3 aromatic heterocycles. The minimum Gasteiger partial charge on any atom is -0.351 e. The third-order valence-corrected chi connectivity index (χ3v) is 12.2. The molecule has 306 valence electrons. The molecule has 63 heavy (non-hydrogen) atoms. The fraction of sp³-hybridized carbons (Fsp3) is 0.111. The van der Waals surface area contributed by atoms with Crippen LogP contribution in [0, 0.1) is 11.8 Å². The Hall–Kier alpha value is -8.04. The van der Waals surface area contributed by atoms with Crippen molar-refractivity contribution in [3.8, 4) is 0 Å². The Kier molecular flexibility index (Phi) is 9.40. The van der Waals surface area contributed by atoms with Crippen molar-refractivity contribution in [2.75, 3.05) is 0 Å². The highest BCUT2D eigenvalue weighted by atomic mass is 16.1. The monoisotopic (exact) mass is 824 g/mol. The van der Waals surface area contributed by atoms with Gasteiger partial charge in [-0.05, 0) is 53.2 Å². The van der Waals surface area contributed by atoms with E-state index in [1.54, 1.807) is 77.2 Å². The van der Waals surface area contributed by atoms with E-state index in [0.29, 0.717) is 54.7 Å². The number of rotatable bonds is 0. The molecule has 0 spiro atoms. The number of nitrogens with one attached hydrogen (secondary N) is 2. The first-order valence-corrected chi connectivity index (χ1v) is 21.3. The second-order valence-electron chi connectivity index (χ2n) is 15.3. The first kappa shape index (κ1) is 39.1. The van der Waals surface area contributed by atoms with Crippen LogP contribution in [0.1, 0.15) is 48.4 Å². The summed E-state index contributed by atoms with van der Waals surface area (Å²) in [6, 6.07) is 37.7. The topological polar surface area (TPSA) is 134 Å². The third kappa shape index (κ3) is 5.69. The van der Waals surface area contributed by atoms with Gasteiger partial charge in [-0.25, -0.2) is 4.98 Å². The SMILES string of the molecule is CC.CC.O=C1c2ccc3[nH]c4c(ccc5c(=O)c6ccccc6c(=O)c54)[nH]c3c2C(=O)C2C=CC=CC12.O=c1c2cccc3cccc(c32)c2nc3cccc4cccc(c43)n12. The highest BCUT2D eigenvalue weighted by Crippen LogP contribution is 2.38.